The number of carbonyl (C=O) groups excluding carboxylic acids is 1. The largest absolute Gasteiger partial charge is 0.444 e. The van der Waals surface area contributed by atoms with Gasteiger partial charge in [0, 0.05) is 50.2 Å². The molecule has 1 aliphatic rings. The van der Waals surface area contributed by atoms with Gasteiger partial charge in [-0.1, -0.05) is 6.92 Å². The molecular weight excluding hydrogens is 525 g/mol. The van der Waals surface area contributed by atoms with Crippen molar-refractivity contribution in [2.75, 3.05) is 32.7 Å². The standard InChI is InChI=1S/C22H39N5O2S.HI/c1-6-18-15-26-19(30-18)11-13-25-20(23-7-2)24-12-10-17-9-8-14-27(16-17)21(28)29-22(3,4)5;/h15,17H,6-14,16H2,1-5H3,(H2,23,24,25);1H. The van der Waals surface area contributed by atoms with E-state index in [0.29, 0.717) is 5.92 Å². The van der Waals surface area contributed by atoms with Gasteiger partial charge in [-0.3, -0.25) is 4.99 Å². The molecule has 2 rings (SSSR count). The number of amides is 1. The normalized spacial score (nSPS) is 17.1. The van der Waals surface area contributed by atoms with Crippen LogP contribution < -0.4 is 10.6 Å². The molecule has 0 spiro atoms. The fourth-order valence-corrected chi connectivity index (χ4v) is 4.27. The van der Waals surface area contributed by atoms with Crippen LogP contribution in [0.15, 0.2) is 11.2 Å². The SMILES string of the molecule is CCNC(=NCCC1CCCN(C(=O)OC(C)(C)C)C1)NCCc1ncc(CC)s1.I. The first kappa shape index (κ1) is 27.9. The lowest BCUT2D eigenvalue weighted by molar-refractivity contribution is 0.0163. The van der Waals surface area contributed by atoms with Crippen molar-refractivity contribution in [3.05, 3.63) is 16.1 Å². The van der Waals surface area contributed by atoms with Crippen LogP contribution in [0.4, 0.5) is 4.79 Å². The summed E-state index contributed by atoms with van der Waals surface area (Å²) >= 11 is 1.79. The number of aromatic nitrogens is 1. The number of nitrogens with zero attached hydrogens (tertiary/aromatic N) is 3. The van der Waals surface area contributed by atoms with Crippen molar-refractivity contribution >= 4 is 47.4 Å². The van der Waals surface area contributed by atoms with Crippen LogP contribution in [0.1, 0.15) is 63.8 Å². The van der Waals surface area contributed by atoms with Gasteiger partial charge in [0.1, 0.15) is 5.60 Å². The summed E-state index contributed by atoms with van der Waals surface area (Å²) in [4.78, 5) is 24.7. The Morgan fingerprint density at radius 1 is 1.35 bits per heavy atom. The van der Waals surface area contributed by atoms with Crippen LogP contribution in [-0.4, -0.2) is 60.3 Å². The Balaban J connectivity index is 0.00000480. The maximum absolute atomic E-state index is 12.3. The lowest BCUT2D eigenvalue weighted by Gasteiger charge is -2.34. The van der Waals surface area contributed by atoms with Gasteiger partial charge in [0.15, 0.2) is 5.96 Å². The Morgan fingerprint density at radius 2 is 2.13 bits per heavy atom. The highest BCUT2D eigenvalue weighted by molar-refractivity contribution is 14.0. The molecule has 7 nitrogen and oxygen atoms in total. The number of hydrogen-bond acceptors (Lipinski definition) is 5. The van der Waals surface area contributed by atoms with Gasteiger partial charge in [-0.25, -0.2) is 9.78 Å². The van der Waals surface area contributed by atoms with Crippen molar-refractivity contribution in [2.45, 2.75) is 72.3 Å². The third-order valence-electron chi connectivity index (χ3n) is 4.90. The molecule has 1 aromatic heterocycles. The quantitative estimate of drug-likeness (QED) is 0.277. The summed E-state index contributed by atoms with van der Waals surface area (Å²) in [6.07, 6.45) is 6.87. The first-order chi connectivity index (χ1) is 14.3. The lowest BCUT2D eigenvalue weighted by atomic mass is 9.95. The number of aliphatic imine (C=N–C) groups is 1. The van der Waals surface area contributed by atoms with E-state index in [1.54, 1.807) is 11.3 Å². The average Bonchev–Trinajstić information content (AvgIpc) is 3.15. The van der Waals surface area contributed by atoms with Crippen molar-refractivity contribution in [3.8, 4) is 0 Å². The highest BCUT2D eigenvalue weighted by atomic mass is 127. The van der Waals surface area contributed by atoms with Gasteiger partial charge in [-0.05, 0) is 59.3 Å². The van der Waals surface area contributed by atoms with Crippen molar-refractivity contribution in [1.29, 1.82) is 0 Å². The fourth-order valence-electron chi connectivity index (χ4n) is 3.41. The number of hydrogen-bond donors (Lipinski definition) is 2. The number of ether oxygens (including phenoxy) is 1. The summed E-state index contributed by atoms with van der Waals surface area (Å²) in [6.45, 7) is 13.9. The van der Waals surface area contributed by atoms with Crippen molar-refractivity contribution in [3.63, 3.8) is 0 Å². The molecule has 1 amide bonds. The van der Waals surface area contributed by atoms with Crippen LogP contribution in [-0.2, 0) is 17.6 Å². The Hall–Kier alpha value is -1.10. The molecule has 0 aliphatic carbocycles. The zero-order valence-corrected chi connectivity index (χ0v) is 22.8. The minimum absolute atomic E-state index is 0. The first-order valence-electron chi connectivity index (χ1n) is 11.2. The second-order valence-electron chi connectivity index (χ2n) is 8.73. The van der Waals surface area contributed by atoms with E-state index in [-0.39, 0.29) is 30.1 Å². The van der Waals surface area contributed by atoms with E-state index < -0.39 is 5.60 Å². The number of likely N-dealkylation sites (tertiary alicyclic amines) is 1. The van der Waals surface area contributed by atoms with Crippen LogP contribution in [0.3, 0.4) is 0 Å². The summed E-state index contributed by atoms with van der Waals surface area (Å²) < 4.78 is 5.52. The third-order valence-corrected chi connectivity index (χ3v) is 6.10. The number of guanidine groups is 1. The maximum atomic E-state index is 12.3. The summed E-state index contributed by atoms with van der Waals surface area (Å²) in [5, 5.41) is 7.89. The number of carbonyl (C=O) groups is 1. The number of rotatable bonds is 8. The minimum Gasteiger partial charge on any atom is -0.444 e. The van der Waals surface area contributed by atoms with Gasteiger partial charge in [0.2, 0.25) is 0 Å². The van der Waals surface area contributed by atoms with E-state index in [1.807, 2.05) is 31.9 Å². The van der Waals surface area contributed by atoms with Crippen LogP contribution in [0, 0.1) is 5.92 Å². The average molecular weight is 566 g/mol. The topological polar surface area (TPSA) is 78.9 Å². The Kier molecular flexibility index (Phi) is 12.7. The van der Waals surface area contributed by atoms with Crippen LogP contribution in [0.5, 0.6) is 0 Å². The lowest BCUT2D eigenvalue weighted by Crippen LogP contribution is -2.43. The molecule has 0 saturated carbocycles. The van der Waals surface area contributed by atoms with Gasteiger partial charge >= 0.3 is 6.09 Å². The monoisotopic (exact) mass is 565 g/mol. The molecule has 1 aliphatic heterocycles. The zero-order valence-electron chi connectivity index (χ0n) is 19.7. The molecule has 0 bridgehead atoms. The molecule has 0 radical (unpaired) electrons. The van der Waals surface area contributed by atoms with E-state index in [1.165, 1.54) is 9.88 Å². The Labute approximate surface area is 208 Å². The molecule has 1 unspecified atom stereocenters. The van der Waals surface area contributed by atoms with E-state index in [9.17, 15) is 4.79 Å². The van der Waals surface area contributed by atoms with Gasteiger partial charge in [0.25, 0.3) is 0 Å². The predicted molar refractivity (Wildman–Crippen MR) is 140 cm³/mol. The number of halogens is 1. The molecule has 1 atom stereocenters. The number of piperidine rings is 1. The van der Waals surface area contributed by atoms with Gasteiger partial charge in [-0.2, -0.15) is 0 Å². The summed E-state index contributed by atoms with van der Waals surface area (Å²) in [6, 6.07) is 0. The molecule has 2 N–H and O–H groups in total. The van der Waals surface area contributed by atoms with Gasteiger partial charge in [-0.15, -0.1) is 35.3 Å². The summed E-state index contributed by atoms with van der Waals surface area (Å²) in [5.74, 6) is 1.32. The zero-order chi connectivity index (χ0) is 22.0. The predicted octanol–water partition coefficient (Wildman–Crippen LogP) is 4.46. The van der Waals surface area contributed by atoms with Gasteiger partial charge in [0.05, 0.1) is 5.01 Å². The summed E-state index contributed by atoms with van der Waals surface area (Å²) in [5.41, 5.74) is -0.447. The summed E-state index contributed by atoms with van der Waals surface area (Å²) in [7, 11) is 0. The minimum atomic E-state index is -0.447. The van der Waals surface area contributed by atoms with Crippen molar-refractivity contribution in [1.82, 2.24) is 20.5 Å². The van der Waals surface area contributed by atoms with Crippen LogP contribution in [0.2, 0.25) is 0 Å². The van der Waals surface area contributed by atoms with E-state index in [4.69, 9.17) is 9.73 Å². The molecule has 2 heterocycles. The highest BCUT2D eigenvalue weighted by Crippen LogP contribution is 2.21. The molecule has 1 saturated heterocycles. The second kappa shape index (κ2) is 14.1. The first-order valence-corrected chi connectivity index (χ1v) is 12.1. The second-order valence-corrected chi connectivity index (χ2v) is 9.93. The highest BCUT2D eigenvalue weighted by Gasteiger charge is 2.27. The Bertz CT molecular complexity index is 690. The molecule has 31 heavy (non-hydrogen) atoms. The number of aryl methyl sites for hydroxylation is 1. The van der Waals surface area contributed by atoms with Crippen LogP contribution >= 0.6 is 35.3 Å². The smallest absolute Gasteiger partial charge is 0.410 e. The number of nitrogens with one attached hydrogen (secondary N) is 2. The molecule has 0 aromatic carbocycles. The van der Waals surface area contributed by atoms with Crippen molar-refractivity contribution in [2.24, 2.45) is 10.9 Å². The van der Waals surface area contributed by atoms with Crippen molar-refractivity contribution < 1.29 is 9.53 Å². The molecule has 178 valence electrons. The number of thiazole rings is 1. The molecule has 1 fully saturated rings. The molecule has 9 heteroatoms. The molecular formula is C22H40IN5O2S. The van der Waals surface area contributed by atoms with E-state index >= 15 is 0 Å². The Morgan fingerprint density at radius 3 is 2.77 bits per heavy atom. The van der Waals surface area contributed by atoms with Crippen LogP contribution in [0.25, 0.3) is 0 Å². The van der Waals surface area contributed by atoms with E-state index in [0.717, 1.165) is 70.8 Å². The van der Waals surface area contributed by atoms with Gasteiger partial charge < -0.3 is 20.3 Å². The fraction of sp³-hybridized carbons (Fsp3) is 0.773. The van der Waals surface area contributed by atoms with E-state index in [2.05, 4.69) is 29.5 Å². The molecule has 1 aromatic rings. The third kappa shape index (κ3) is 10.9. The maximum Gasteiger partial charge on any atom is 0.410 e.